The van der Waals surface area contributed by atoms with Crippen LogP contribution in [0.25, 0.3) is 5.57 Å². The minimum absolute atomic E-state index is 0.125. The highest BCUT2D eigenvalue weighted by molar-refractivity contribution is 6.30. The van der Waals surface area contributed by atoms with Crippen molar-refractivity contribution in [2.24, 2.45) is 7.05 Å². The van der Waals surface area contributed by atoms with E-state index in [0.717, 1.165) is 29.5 Å². The Morgan fingerprint density at radius 3 is 2.67 bits per heavy atom. The van der Waals surface area contributed by atoms with Gasteiger partial charge in [-0.1, -0.05) is 29.8 Å². The van der Waals surface area contributed by atoms with Crippen molar-refractivity contribution in [1.29, 1.82) is 0 Å². The molecule has 1 saturated carbocycles. The quantitative estimate of drug-likeness (QED) is 0.688. The molecule has 27 heavy (non-hydrogen) atoms. The number of amides is 1. The normalized spacial score (nSPS) is 13.9. The molecule has 0 spiro atoms. The highest BCUT2D eigenvalue weighted by Gasteiger charge is 2.38. The number of aromatic nitrogens is 2. The Kier molecular flexibility index (Phi) is 5.33. The van der Waals surface area contributed by atoms with Crippen LogP contribution >= 0.6 is 11.6 Å². The van der Waals surface area contributed by atoms with E-state index in [1.165, 1.54) is 11.9 Å². The summed E-state index contributed by atoms with van der Waals surface area (Å²) >= 11 is 6.09. The van der Waals surface area contributed by atoms with Crippen LogP contribution in [0.1, 0.15) is 53.4 Å². The number of carbonyl (C=O) groups excluding carboxylic acids is 1. The van der Waals surface area contributed by atoms with Crippen molar-refractivity contribution in [3.8, 4) is 0 Å². The molecule has 0 aliphatic heterocycles. The van der Waals surface area contributed by atoms with Gasteiger partial charge >= 0.3 is 0 Å². The predicted molar refractivity (Wildman–Crippen MR) is 97.2 cm³/mol. The summed E-state index contributed by atoms with van der Waals surface area (Å²) in [6.45, 7) is 5.88. The third-order valence-electron chi connectivity index (χ3n) is 4.54. The van der Waals surface area contributed by atoms with Crippen molar-refractivity contribution in [1.82, 2.24) is 14.7 Å². The maximum Gasteiger partial charge on any atom is 0.283 e. The second-order valence-electron chi connectivity index (χ2n) is 6.72. The number of halogens is 4. The Bertz CT molecular complexity index is 906. The molecular weight excluding hydrogens is 379 g/mol. The van der Waals surface area contributed by atoms with Gasteiger partial charge in [-0.25, -0.2) is 13.5 Å². The van der Waals surface area contributed by atoms with Gasteiger partial charge in [0, 0.05) is 24.7 Å². The number of nitrogens with zero attached hydrogens (tertiary/aromatic N) is 3. The first-order valence-corrected chi connectivity index (χ1v) is 8.84. The van der Waals surface area contributed by atoms with E-state index in [1.807, 2.05) is 6.92 Å². The van der Waals surface area contributed by atoms with E-state index >= 15 is 0 Å². The average molecular weight is 398 g/mol. The lowest BCUT2D eigenvalue weighted by Crippen LogP contribution is -2.34. The zero-order valence-electron chi connectivity index (χ0n) is 15.0. The summed E-state index contributed by atoms with van der Waals surface area (Å²) in [5, 5.41) is 3.95. The van der Waals surface area contributed by atoms with Crippen LogP contribution in [0.15, 0.2) is 24.8 Å². The third-order valence-corrected chi connectivity index (χ3v) is 4.78. The van der Waals surface area contributed by atoms with Gasteiger partial charge in [0.05, 0.1) is 0 Å². The van der Waals surface area contributed by atoms with Crippen LogP contribution in [0.4, 0.5) is 13.2 Å². The van der Waals surface area contributed by atoms with Crippen molar-refractivity contribution < 1.29 is 18.0 Å². The highest BCUT2D eigenvalue weighted by Crippen LogP contribution is 2.34. The first-order valence-electron chi connectivity index (χ1n) is 8.46. The Morgan fingerprint density at radius 1 is 1.44 bits per heavy atom. The maximum absolute atomic E-state index is 14.4. The SMILES string of the molecule is C=C(C)c1ccc(Cl)cc1CN(C(=O)c1c(C(F)F)nn(C)c1F)C1CC1. The van der Waals surface area contributed by atoms with Crippen molar-refractivity contribution in [3.63, 3.8) is 0 Å². The van der Waals surface area contributed by atoms with Gasteiger partial charge in [-0.05, 0) is 43.0 Å². The number of hydrogen-bond acceptors (Lipinski definition) is 2. The van der Waals surface area contributed by atoms with Gasteiger partial charge in [-0.2, -0.15) is 9.49 Å². The van der Waals surface area contributed by atoms with E-state index in [9.17, 15) is 18.0 Å². The van der Waals surface area contributed by atoms with Gasteiger partial charge in [-0.15, -0.1) is 0 Å². The molecule has 0 radical (unpaired) electrons. The standard InChI is InChI=1S/C19H19ClF3N3O/c1-10(2)14-7-4-12(20)8-11(14)9-26(13-5-6-13)19(27)15-16(17(21)22)24-25(3)18(15)23/h4,7-8,13,17H,1,5-6,9H2,2-3H3. The van der Waals surface area contributed by atoms with E-state index in [0.29, 0.717) is 9.70 Å². The van der Waals surface area contributed by atoms with Crippen LogP contribution in [-0.2, 0) is 13.6 Å². The lowest BCUT2D eigenvalue weighted by atomic mass is 10.0. The van der Waals surface area contributed by atoms with E-state index in [2.05, 4.69) is 11.7 Å². The fourth-order valence-electron chi connectivity index (χ4n) is 3.06. The summed E-state index contributed by atoms with van der Waals surface area (Å²) in [6, 6.07) is 5.10. The molecule has 0 saturated heterocycles. The lowest BCUT2D eigenvalue weighted by Gasteiger charge is -2.24. The van der Waals surface area contributed by atoms with Crippen molar-refractivity contribution >= 4 is 23.1 Å². The number of alkyl halides is 2. The Labute approximate surface area is 160 Å². The molecule has 3 rings (SSSR count). The number of allylic oxidation sites excluding steroid dienone is 1. The van der Waals surface area contributed by atoms with Gasteiger partial charge in [0.2, 0.25) is 5.95 Å². The zero-order chi connectivity index (χ0) is 19.9. The highest BCUT2D eigenvalue weighted by atomic mass is 35.5. The number of carbonyl (C=O) groups is 1. The summed E-state index contributed by atoms with van der Waals surface area (Å²) in [5.74, 6) is -1.85. The van der Waals surface area contributed by atoms with Crippen LogP contribution in [-0.4, -0.2) is 26.6 Å². The molecule has 144 valence electrons. The zero-order valence-corrected chi connectivity index (χ0v) is 15.7. The molecular formula is C19H19ClF3N3O. The molecule has 1 aliphatic rings. The molecule has 4 nitrogen and oxygen atoms in total. The predicted octanol–water partition coefficient (Wildman–Crippen LogP) is 4.99. The van der Waals surface area contributed by atoms with Crippen molar-refractivity contribution in [3.05, 3.63) is 58.1 Å². The van der Waals surface area contributed by atoms with Gasteiger partial charge in [-0.3, -0.25) is 4.79 Å². The summed E-state index contributed by atoms with van der Waals surface area (Å²) in [5.41, 5.74) is 0.831. The summed E-state index contributed by atoms with van der Waals surface area (Å²) in [4.78, 5) is 14.4. The Balaban J connectivity index is 2.00. The molecule has 8 heteroatoms. The van der Waals surface area contributed by atoms with Crippen molar-refractivity contribution in [2.45, 2.75) is 38.8 Å². The molecule has 1 amide bonds. The first-order chi connectivity index (χ1) is 12.7. The molecule has 1 aliphatic carbocycles. The molecule has 1 aromatic heterocycles. The second-order valence-corrected chi connectivity index (χ2v) is 7.16. The minimum atomic E-state index is -3.04. The summed E-state index contributed by atoms with van der Waals surface area (Å²) in [7, 11) is 1.19. The van der Waals surface area contributed by atoms with Crippen LogP contribution < -0.4 is 0 Å². The van der Waals surface area contributed by atoms with Crippen LogP contribution in [0.5, 0.6) is 0 Å². The number of rotatable bonds is 6. The van der Waals surface area contributed by atoms with E-state index in [-0.39, 0.29) is 12.6 Å². The van der Waals surface area contributed by atoms with E-state index < -0.39 is 29.5 Å². The number of aryl methyl sites for hydroxylation is 1. The molecule has 0 unspecified atom stereocenters. The van der Waals surface area contributed by atoms with Gasteiger partial charge in [0.15, 0.2) is 0 Å². The smallest absolute Gasteiger partial charge is 0.283 e. The first kappa shape index (κ1) is 19.5. The second kappa shape index (κ2) is 7.38. The largest absolute Gasteiger partial charge is 0.331 e. The van der Waals surface area contributed by atoms with Crippen LogP contribution in [0.3, 0.4) is 0 Å². The number of hydrogen-bond donors (Lipinski definition) is 0. The third kappa shape index (κ3) is 3.88. The fourth-order valence-corrected chi connectivity index (χ4v) is 3.26. The lowest BCUT2D eigenvalue weighted by molar-refractivity contribution is 0.0712. The van der Waals surface area contributed by atoms with Crippen molar-refractivity contribution in [2.75, 3.05) is 0 Å². The summed E-state index contributed by atoms with van der Waals surface area (Å²) in [6.07, 6.45) is -1.57. The molecule has 0 atom stereocenters. The molecule has 2 aromatic rings. The van der Waals surface area contributed by atoms with E-state index in [1.54, 1.807) is 18.2 Å². The van der Waals surface area contributed by atoms with Crippen LogP contribution in [0, 0.1) is 5.95 Å². The van der Waals surface area contributed by atoms with E-state index in [4.69, 9.17) is 11.6 Å². The van der Waals surface area contributed by atoms with Crippen LogP contribution in [0.2, 0.25) is 5.02 Å². The fraction of sp³-hybridized carbons (Fsp3) is 0.368. The molecule has 1 heterocycles. The molecule has 1 fully saturated rings. The van der Waals surface area contributed by atoms with Gasteiger partial charge < -0.3 is 4.90 Å². The molecule has 1 aromatic carbocycles. The Hall–Kier alpha value is -2.28. The summed E-state index contributed by atoms with van der Waals surface area (Å²) < 4.78 is 41.6. The number of benzene rings is 1. The Morgan fingerprint density at radius 2 is 2.11 bits per heavy atom. The monoisotopic (exact) mass is 397 g/mol. The van der Waals surface area contributed by atoms with Gasteiger partial charge in [0.25, 0.3) is 12.3 Å². The molecule has 0 bridgehead atoms. The average Bonchev–Trinajstić information content (AvgIpc) is 3.38. The topological polar surface area (TPSA) is 38.1 Å². The maximum atomic E-state index is 14.4. The molecule has 0 N–H and O–H groups in total. The minimum Gasteiger partial charge on any atom is -0.331 e. The van der Waals surface area contributed by atoms with Gasteiger partial charge in [0.1, 0.15) is 11.3 Å².